The van der Waals surface area contributed by atoms with E-state index in [1.807, 2.05) is 36.6 Å². The maximum atomic E-state index is 12.5. The largest absolute Gasteiger partial charge is 0.480 e. The fourth-order valence-electron chi connectivity index (χ4n) is 2.88. The summed E-state index contributed by atoms with van der Waals surface area (Å²) < 4.78 is 2.19. The van der Waals surface area contributed by atoms with Gasteiger partial charge in [-0.3, -0.25) is 14.5 Å². The number of carboxylic acid groups (broad SMARTS) is 1. The van der Waals surface area contributed by atoms with Gasteiger partial charge in [-0.25, -0.2) is 0 Å². The first kappa shape index (κ1) is 19.9. The summed E-state index contributed by atoms with van der Waals surface area (Å²) in [5.74, 6) is -1.51. The molecule has 3 rings (SSSR count). The molecule has 1 amide bonds. The van der Waals surface area contributed by atoms with Crippen molar-refractivity contribution in [3.8, 4) is 5.69 Å². The van der Waals surface area contributed by atoms with Gasteiger partial charge in [-0.2, -0.15) is 0 Å². The second-order valence-corrected chi connectivity index (χ2v) is 8.36. The summed E-state index contributed by atoms with van der Waals surface area (Å²) in [7, 11) is 0. The van der Waals surface area contributed by atoms with Crippen LogP contribution in [0.3, 0.4) is 0 Å². The molecule has 0 saturated carbocycles. The Balaban J connectivity index is 2.02. The van der Waals surface area contributed by atoms with Crippen LogP contribution in [0, 0.1) is 13.8 Å². The number of hydrogen-bond donors (Lipinski definition) is 1. The Morgan fingerprint density at radius 1 is 1.33 bits per heavy atom. The van der Waals surface area contributed by atoms with Gasteiger partial charge >= 0.3 is 5.97 Å². The van der Waals surface area contributed by atoms with Crippen LogP contribution in [0.4, 0.5) is 0 Å². The third kappa shape index (κ3) is 3.78. The Kier molecular flexibility index (Phi) is 5.67. The fraction of sp³-hybridized carbons (Fsp3) is 0.167. The minimum Gasteiger partial charge on any atom is -0.480 e. The number of carbonyl (C=O) groups is 2. The first-order valence-corrected chi connectivity index (χ1v) is 9.79. The number of halogens is 2. The monoisotopic (exact) mass is 440 g/mol. The number of rotatable bonds is 4. The molecule has 1 aromatic carbocycles. The van der Waals surface area contributed by atoms with E-state index >= 15 is 0 Å². The molecule has 2 aromatic rings. The number of aliphatic carboxylic acids is 1. The molecule has 140 valence electrons. The number of thiocarbonyl (C=S) groups is 1. The zero-order chi connectivity index (χ0) is 19.9. The number of carbonyl (C=O) groups excluding carboxylic acids is 1. The number of aryl methyl sites for hydroxylation is 1. The molecule has 1 aliphatic heterocycles. The first-order valence-electron chi connectivity index (χ1n) is 7.81. The van der Waals surface area contributed by atoms with Crippen LogP contribution in [-0.4, -0.2) is 37.3 Å². The lowest BCUT2D eigenvalue weighted by Gasteiger charge is -2.12. The quantitative estimate of drug-likeness (QED) is 0.551. The van der Waals surface area contributed by atoms with E-state index in [1.54, 1.807) is 12.1 Å². The molecular weight excluding hydrogens is 427 g/mol. The van der Waals surface area contributed by atoms with Crippen molar-refractivity contribution in [3.63, 3.8) is 0 Å². The van der Waals surface area contributed by atoms with Crippen LogP contribution in [0.15, 0.2) is 29.2 Å². The van der Waals surface area contributed by atoms with Crippen LogP contribution in [-0.2, 0) is 9.59 Å². The summed E-state index contributed by atoms with van der Waals surface area (Å²) in [6, 6.07) is 7.33. The van der Waals surface area contributed by atoms with Gasteiger partial charge in [0.25, 0.3) is 5.91 Å². The van der Waals surface area contributed by atoms with Crippen molar-refractivity contribution in [2.24, 2.45) is 0 Å². The third-order valence-electron chi connectivity index (χ3n) is 4.10. The fourth-order valence-corrected chi connectivity index (χ4v) is 4.51. The maximum absolute atomic E-state index is 12.5. The van der Waals surface area contributed by atoms with Gasteiger partial charge in [0.15, 0.2) is 0 Å². The molecule has 0 spiro atoms. The van der Waals surface area contributed by atoms with Crippen LogP contribution < -0.4 is 0 Å². The standard InChI is InChI=1S/C18H14Cl2N2O3S2/c1-9-6-11(7-14-17(25)21(8-15(23)24)18(26)27-14)10(2)22(9)13-5-3-4-12(19)16(13)20/h3-7H,8H2,1-2H3,(H,23,24)/b14-7-. The van der Waals surface area contributed by atoms with E-state index in [4.69, 9.17) is 40.5 Å². The minimum absolute atomic E-state index is 0.236. The van der Waals surface area contributed by atoms with E-state index in [2.05, 4.69) is 0 Å². The molecule has 1 saturated heterocycles. The highest BCUT2D eigenvalue weighted by molar-refractivity contribution is 8.26. The van der Waals surface area contributed by atoms with E-state index in [0.29, 0.717) is 15.0 Å². The molecule has 1 fully saturated rings. The smallest absolute Gasteiger partial charge is 0.323 e. The van der Waals surface area contributed by atoms with E-state index in [0.717, 1.165) is 39.3 Å². The summed E-state index contributed by atoms with van der Waals surface area (Å²) >= 11 is 18.7. The van der Waals surface area contributed by atoms with E-state index in [9.17, 15) is 9.59 Å². The van der Waals surface area contributed by atoms with Gasteiger partial charge in [-0.1, -0.05) is 53.2 Å². The number of nitrogens with zero attached hydrogens (tertiary/aromatic N) is 2. The molecular formula is C18H14Cl2N2O3S2. The molecule has 0 bridgehead atoms. The minimum atomic E-state index is -1.11. The average molecular weight is 441 g/mol. The summed E-state index contributed by atoms with van der Waals surface area (Å²) in [5.41, 5.74) is 3.36. The van der Waals surface area contributed by atoms with Crippen molar-refractivity contribution in [1.29, 1.82) is 0 Å². The van der Waals surface area contributed by atoms with Crippen LogP contribution >= 0.6 is 47.2 Å². The van der Waals surface area contributed by atoms with Gasteiger partial charge in [0.05, 0.1) is 20.6 Å². The van der Waals surface area contributed by atoms with Crippen LogP contribution in [0.2, 0.25) is 10.0 Å². The highest BCUT2D eigenvalue weighted by Crippen LogP contribution is 2.35. The Bertz CT molecular complexity index is 1010. The number of thioether (sulfide) groups is 1. The van der Waals surface area contributed by atoms with Crippen molar-refractivity contribution in [2.45, 2.75) is 13.8 Å². The molecule has 2 heterocycles. The molecule has 0 unspecified atom stereocenters. The predicted octanol–water partition coefficient (Wildman–Crippen LogP) is 4.69. The lowest BCUT2D eigenvalue weighted by atomic mass is 10.2. The molecule has 1 aromatic heterocycles. The van der Waals surface area contributed by atoms with Crippen LogP contribution in [0.1, 0.15) is 17.0 Å². The topological polar surface area (TPSA) is 62.5 Å². The van der Waals surface area contributed by atoms with Crippen LogP contribution in [0.5, 0.6) is 0 Å². The molecule has 0 radical (unpaired) electrons. The van der Waals surface area contributed by atoms with Gasteiger partial charge in [0.2, 0.25) is 0 Å². The molecule has 1 aliphatic rings. The molecule has 0 atom stereocenters. The molecule has 1 N–H and O–H groups in total. The zero-order valence-electron chi connectivity index (χ0n) is 14.3. The highest BCUT2D eigenvalue weighted by Gasteiger charge is 2.33. The Hall–Kier alpha value is -1.80. The van der Waals surface area contributed by atoms with Crippen LogP contribution in [0.25, 0.3) is 11.8 Å². The maximum Gasteiger partial charge on any atom is 0.323 e. The van der Waals surface area contributed by atoms with Crippen molar-refractivity contribution in [1.82, 2.24) is 9.47 Å². The number of carboxylic acids is 1. The molecule has 9 heteroatoms. The lowest BCUT2D eigenvalue weighted by Crippen LogP contribution is -2.33. The van der Waals surface area contributed by atoms with Gasteiger partial charge < -0.3 is 9.67 Å². The molecule has 27 heavy (non-hydrogen) atoms. The second-order valence-electron chi connectivity index (χ2n) is 5.90. The van der Waals surface area contributed by atoms with Gasteiger partial charge in [0.1, 0.15) is 10.9 Å². The summed E-state index contributed by atoms with van der Waals surface area (Å²) in [6.45, 7) is 3.39. The Labute approximate surface area is 175 Å². The van der Waals surface area contributed by atoms with Crippen molar-refractivity contribution in [3.05, 3.63) is 56.2 Å². The van der Waals surface area contributed by atoms with Gasteiger partial charge in [-0.15, -0.1) is 0 Å². The number of aromatic nitrogens is 1. The summed E-state index contributed by atoms with van der Waals surface area (Å²) in [6.07, 6.45) is 1.72. The van der Waals surface area contributed by atoms with Crippen molar-refractivity contribution >= 4 is 69.5 Å². The van der Waals surface area contributed by atoms with Crippen molar-refractivity contribution in [2.75, 3.05) is 6.54 Å². The van der Waals surface area contributed by atoms with E-state index in [-0.39, 0.29) is 4.32 Å². The van der Waals surface area contributed by atoms with Gasteiger partial charge in [-0.05, 0) is 43.7 Å². The van der Waals surface area contributed by atoms with Crippen molar-refractivity contribution < 1.29 is 14.7 Å². The summed E-state index contributed by atoms with van der Waals surface area (Å²) in [4.78, 5) is 24.9. The second kappa shape index (κ2) is 7.67. The lowest BCUT2D eigenvalue weighted by molar-refractivity contribution is -0.140. The molecule has 5 nitrogen and oxygen atoms in total. The number of hydrogen-bond acceptors (Lipinski definition) is 4. The zero-order valence-corrected chi connectivity index (χ0v) is 17.5. The normalized spacial score (nSPS) is 15.9. The Morgan fingerprint density at radius 2 is 2.04 bits per heavy atom. The highest BCUT2D eigenvalue weighted by atomic mass is 35.5. The SMILES string of the molecule is Cc1cc(/C=C2\SC(=S)N(CC(=O)O)C2=O)c(C)n1-c1cccc(Cl)c1Cl. The number of amides is 1. The third-order valence-corrected chi connectivity index (χ3v) is 6.28. The molecule has 0 aliphatic carbocycles. The number of benzene rings is 1. The van der Waals surface area contributed by atoms with E-state index < -0.39 is 18.4 Å². The van der Waals surface area contributed by atoms with E-state index in [1.165, 1.54) is 0 Å². The average Bonchev–Trinajstić information content (AvgIpc) is 3.01. The van der Waals surface area contributed by atoms with Gasteiger partial charge in [0, 0.05) is 11.4 Å². The first-order chi connectivity index (χ1) is 12.7. The predicted molar refractivity (Wildman–Crippen MR) is 113 cm³/mol. The summed E-state index contributed by atoms with van der Waals surface area (Å²) in [5, 5.41) is 9.84. The Morgan fingerprint density at radius 3 is 2.70 bits per heavy atom.